The predicted octanol–water partition coefficient (Wildman–Crippen LogP) is 1.40. The van der Waals surface area contributed by atoms with Crippen molar-refractivity contribution in [3.05, 3.63) is 0 Å². The van der Waals surface area contributed by atoms with Gasteiger partial charge >= 0.3 is 0 Å². The molecular formula is C13H26N2O2. The summed E-state index contributed by atoms with van der Waals surface area (Å²) < 4.78 is 5.31. The standard InChI is InChI=1S/C13H26N2O2/c1-3-17-11-12(2)14-10-13(16)15-8-6-4-5-7-9-15/h12,14H,3-11H2,1-2H3. The Morgan fingerprint density at radius 1 is 1.29 bits per heavy atom. The molecule has 1 atom stereocenters. The number of rotatable bonds is 6. The Kier molecular flexibility index (Phi) is 7.21. The molecule has 1 saturated heterocycles. The summed E-state index contributed by atoms with van der Waals surface area (Å²) in [7, 11) is 0. The number of carbonyl (C=O) groups is 1. The third-order valence-electron chi connectivity index (χ3n) is 3.13. The first-order valence-electron chi connectivity index (χ1n) is 6.83. The lowest BCUT2D eigenvalue weighted by Gasteiger charge is -2.22. The Labute approximate surface area is 105 Å². The van der Waals surface area contributed by atoms with Crippen molar-refractivity contribution in [2.24, 2.45) is 0 Å². The van der Waals surface area contributed by atoms with Crippen molar-refractivity contribution in [2.45, 2.75) is 45.6 Å². The molecule has 1 aliphatic rings. The van der Waals surface area contributed by atoms with E-state index in [1.807, 2.05) is 18.7 Å². The molecule has 1 heterocycles. The zero-order chi connectivity index (χ0) is 12.5. The third kappa shape index (κ3) is 6.03. The van der Waals surface area contributed by atoms with Crippen LogP contribution in [0.1, 0.15) is 39.5 Å². The van der Waals surface area contributed by atoms with Crippen LogP contribution in [0.2, 0.25) is 0 Å². The van der Waals surface area contributed by atoms with Gasteiger partial charge in [0.15, 0.2) is 0 Å². The fourth-order valence-electron chi connectivity index (χ4n) is 2.05. The first-order chi connectivity index (χ1) is 8.24. The number of hydrogen-bond acceptors (Lipinski definition) is 3. The van der Waals surface area contributed by atoms with Gasteiger partial charge in [-0.3, -0.25) is 4.79 Å². The molecule has 17 heavy (non-hydrogen) atoms. The minimum atomic E-state index is 0.232. The van der Waals surface area contributed by atoms with Crippen molar-refractivity contribution in [1.82, 2.24) is 10.2 Å². The summed E-state index contributed by atoms with van der Waals surface area (Å²) in [6.45, 7) is 7.73. The van der Waals surface area contributed by atoms with Gasteiger partial charge in [-0.2, -0.15) is 0 Å². The number of carbonyl (C=O) groups excluding carboxylic acids is 1. The third-order valence-corrected chi connectivity index (χ3v) is 3.13. The van der Waals surface area contributed by atoms with E-state index in [2.05, 4.69) is 5.32 Å². The van der Waals surface area contributed by atoms with Crippen molar-refractivity contribution < 1.29 is 9.53 Å². The minimum Gasteiger partial charge on any atom is -0.380 e. The Hall–Kier alpha value is -0.610. The van der Waals surface area contributed by atoms with E-state index >= 15 is 0 Å². The molecule has 0 bridgehead atoms. The van der Waals surface area contributed by atoms with E-state index in [1.54, 1.807) is 0 Å². The van der Waals surface area contributed by atoms with Gasteiger partial charge in [0.05, 0.1) is 13.2 Å². The van der Waals surface area contributed by atoms with Gasteiger partial charge in [0.25, 0.3) is 0 Å². The van der Waals surface area contributed by atoms with Gasteiger partial charge in [-0.1, -0.05) is 12.8 Å². The van der Waals surface area contributed by atoms with Crippen LogP contribution in [0.5, 0.6) is 0 Å². The van der Waals surface area contributed by atoms with Crippen LogP contribution in [-0.2, 0) is 9.53 Å². The van der Waals surface area contributed by atoms with Crippen LogP contribution in [0.15, 0.2) is 0 Å². The number of hydrogen-bond donors (Lipinski definition) is 1. The number of nitrogens with zero attached hydrogens (tertiary/aromatic N) is 1. The monoisotopic (exact) mass is 242 g/mol. The maximum Gasteiger partial charge on any atom is 0.236 e. The lowest BCUT2D eigenvalue weighted by Crippen LogP contribution is -2.42. The van der Waals surface area contributed by atoms with E-state index < -0.39 is 0 Å². The van der Waals surface area contributed by atoms with Crippen molar-refractivity contribution in [3.8, 4) is 0 Å². The smallest absolute Gasteiger partial charge is 0.236 e. The summed E-state index contributed by atoms with van der Waals surface area (Å²) >= 11 is 0. The van der Waals surface area contributed by atoms with Crippen LogP contribution in [0.4, 0.5) is 0 Å². The van der Waals surface area contributed by atoms with Gasteiger partial charge in [0, 0.05) is 25.7 Å². The Bertz CT molecular complexity index is 213. The Morgan fingerprint density at radius 3 is 2.53 bits per heavy atom. The van der Waals surface area contributed by atoms with Crippen molar-refractivity contribution in [2.75, 3.05) is 32.8 Å². The summed E-state index contributed by atoms with van der Waals surface area (Å²) in [4.78, 5) is 13.9. The Balaban J connectivity index is 2.18. The summed E-state index contributed by atoms with van der Waals surface area (Å²) in [5, 5.41) is 3.22. The van der Waals surface area contributed by atoms with E-state index in [0.29, 0.717) is 13.2 Å². The highest BCUT2D eigenvalue weighted by Crippen LogP contribution is 2.09. The SMILES string of the molecule is CCOCC(C)NCC(=O)N1CCCCCC1. The number of ether oxygens (including phenoxy) is 1. The molecule has 1 fully saturated rings. The van der Waals surface area contributed by atoms with Gasteiger partial charge in [-0.25, -0.2) is 0 Å². The highest BCUT2D eigenvalue weighted by Gasteiger charge is 2.15. The molecule has 1 aliphatic heterocycles. The molecule has 100 valence electrons. The molecule has 0 spiro atoms. The maximum absolute atomic E-state index is 12.0. The number of likely N-dealkylation sites (tertiary alicyclic amines) is 1. The topological polar surface area (TPSA) is 41.6 Å². The van der Waals surface area contributed by atoms with Crippen LogP contribution in [0, 0.1) is 0 Å². The second-order valence-corrected chi connectivity index (χ2v) is 4.74. The second-order valence-electron chi connectivity index (χ2n) is 4.74. The van der Waals surface area contributed by atoms with E-state index in [0.717, 1.165) is 32.5 Å². The van der Waals surface area contributed by atoms with E-state index in [1.165, 1.54) is 12.8 Å². The van der Waals surface area contributed by atoms with Crippen molar-refractivity contribution in [3.63, 3.8) is 0 Å². The first kappa shape index (κ1) is 14.5. The molecule has 4 nitrogen and oxygen atoms in total. The lowest BCUT2D eigenvalue weighted by molar-refractivity contribution is -0.130. The fourth-order valence-corrected chi connectivity index (χ4v) is 2.05. The quantitative estimate of drug-likeness (QED) is 0.765. The zero-order valence-corrected chi connectivity index (χ0v) is 11.2. The fraction of sp³-hybridized carbons (Fsp3) is 0.923. The van der Waals surface area contributed by atoms with Crippen molar-refractivity contribution in [1.29, 1.82) is 0 Å². The lowest BCUT2D eigenvalue weighted by atomic mass is 10.2. The van der Waals surface area contributed by atoms with E-state index in [-0.39, 0.29) is 11.9 Å². The summed E-state index contributed by atoms with van der Waals surface area (Å²) in [5.41, 5.74) is 0. The summed E-state index contributed by atoms with van der Waals surface area (Å²) in [5.74, 6) is 0.232. The first-order valence-corrected chi connectivity index (χ1v) is 6.83. The molecule has 0 aromatic rings. The van der Waals surface area contributed by atoms with Crippen LogP contribution in [-0.4, -0.2) is 49.7 Å². The van der Waals surface area contributed by atoms with E-state index in [9.17, 15) is 4.79 Å². The average Bonchev–Trinajstić information content (AvgIpc) is 2.62. The highest BCUT2D eigenvalue weighted by atomic mass is 16.5. The molecule has 0 radical (unpaired) electrons. The maximum atomic E-state index is 12.0. The molecule has 0 saturated carbocycles. The summed E-state index contributed by atoms with van der Waals surface area (Å²) in [6.07, 6.45) is 4.83. The highest BCUT2D eigenvalue weighted by molar-refractivity contribution is 5.78. The molecule has 0 aromatic carbocycles. The van der Waals surface area contributed by atoms with E-state index in [4.69, 9.17) is 4.74 Å². The van der Waals surface area contributed by atoms with Crippen LogP contribution < -0.4 is 5.32 Å². The van der Waals surface area contributed by atoms with Crippen LogP contribution in [0.25, 0.3) is 0 Å². The molecule has 1 amide bonds. The average molecular weight is 242 g/mol. The Morgan fingerprint density at radius 2 is 1.94 bits per heavy atom. The van der Waals surface area contributed by atoms with Crippen molar-refractivity contribution >= 4 is 5.91 Å². The molecule has 0 aromatic heterocycles. The van der Waals surface area contributed by atoms with Crippen LogP contribution in [0.3, 0.4) is 0 Å². The largest absolute Gasteiger partial charge is 0.380 e. The second kappa shape index (κ2) is 8.48. The molecule has 1 unspecified atom stereocenters. The van der Waals surface area contributed by atoms with Gasteiger partial charge in [-0.05, 0) is 26.7 Å². The van der Waals surface area contributed by atoms with Gasteiger partial charge in [0.1, 0.15) is 0 Å². The zero-order valence-electron chi connectivity index (χ0n) is 11.2. The van der Waals surface area contributed by atoms with Gasteiger partial charge in [-0.15, -0.1) is 0 Å². The van der Waals surface area contributed by atoms with Gasteiger partial charge in [0.2, 0.25) is 5.91 Å². The number of nitrogens with one attached hydrogen (secondary N) is 1. The molecule has 1 rings (SSSR count). The number of amides is 1. The summed E-state index contributed by atoms with van der Waals surface area (Å²) in [6, 6.07) is 0.242. The predicted molar refractivity (Wildman–Crippen MR) is 69.0 cm³/mol. The van der Waals surface area contributed by atoms with Gasteiger partial charge < -0.3 is 15.0 Å². The molecule has 4 heteroatoms. The van der Waals surface area contributed by atoms with Crippen LogP contribution >= 0.6 is 0 Å². The minimum absolute atomic E-state index is 0.232. The molecular weight excluding hydrogens is 216 g/mol. The normalized spacial score (nSPS) is 18.8. The molecule has 0 aliphatic carbocycles. The molecule has 1 N–H and O–H groups in total.